The Bertz CT molecular complexity index is 1080. The minimum absolute atomic E-state index is 0.161. The van der Waals surface area contributed by atoms with Gasteiger partial charge in [0.15, 0.2) is 11.4 Å². The summed E-state index contributed by atoms with van der Waals surface area (Å²) < 4.78 is 7.89. The van der Waals surface area contributed by atoms with Crippen molar-refractivity contribution in [1.82, 2.24) is 9.55 Å². The van der Waals surface area contributed by atoms with Gasteiger partial charge < -0.3 is 15.0 Å². The molecule has 6 nitrogen and oxygen atoms in total. The zero-order valence-electron chi connectivity index (χ0n) is 27.5. The molecular formula is C34H57N3O3S. The molecule has 1 aliphatic heterocycles. The number of thioether (sulfide) groups is 1. The Morgan fingerprint density at radius 2 is 1.73 bits per heavy atom. The molecule has 1 aliphatic rings. The Morgan fingerprint density at radius 1 is 1.15 bits per heavy atom. The van der Waals surface area contributed by atoms with Crippen molar-refractivity contribution < 1.29 is 14.3 Å². The van der Waals surface area contributed by atoms with E-state index in [9.17, 15) is 9.59 Å². The van der Waals surface area contributed by atoms with Gasteiger partial charge in [0.25, 0.3) is 0 Å². The first-order chi connectivity index (χ1) is 19.5. The van der Waals surface area contributed by atoms with E-state index in [0.717, 1.165) is 71.2 Å². The molecule has 2 aromatic rings. The third-order valence-electron chi connectivity index (χ3n) is 6.39. The summed E-state index contributed by atoms with van der Waals surface area (Å²) in [6.07, 6.45) is 8.98. The highest BCUT2D eigenvalue weighted by Crippen LogP contribution is 2.32. The van der Waals surface area contributed by atoms with Crippen LogP contribution in [-0.4, -0.2) is 39.4 Å². The Balaban J connectivity index is 0.000000951. The number of benzene rings is 1. The van der Waals surface area contributed by atoms with Gasteiger partial charge in [0.1, 0.15) is 5.82 Å². The van der Waals surface area contributed by atoms with Crippen molar-refractivity contribution >= 4 is 39.8 Å². The number of ketones is 1. The Labute approximate surface area is 254 Å². The van der Waals surface area contributed by atoms with Crippen molar-refractivity contribution in [3.63, 3.8) is 0 Å². The lowest BCUT2D eigenvalue weighted by atomic mass is 10.0. The normalized spacial score (nSPS) is 14.1. The summed E-state index contributed by atoms with van der Waals surface area (Å²) in [5.41, 5.74) is 11.6. The fraction of sp³-hybridized carbons (Fsp3) is 0.618. The molecule has 0 amide bonds. The number of hydrogen-bond acceptors (Lipinski definition) is 6. The van der Waals surface area contributed by atoms with Crippen LogP contribution in [0.5, 0.6) is 0 Å². The summed E-state index contributed by atoms with van der Waals surface area (Å²) in [5, 5.41) is 0.447. The number of aromatic nitrogens is 2. The minimum Gasteiger partial charge on any atom is -0.381 e. The van der Waals surface area contributed by atoms with Crippen LogP contribution in [0.3, 0.4) is 0 Å². The van der Waals surface area contributed by atoms with Crippen LogP contribution >= 0.6 is 11.8 Å². The number of imidazole rings is 1. The van der Waals surface area contributed by atoms with Gasteiger partial charge in [-0.3, -0.25) is 9.59 Å². The number of hydrogen-bond donors (Lipinski definition) is 1. The third-order valence-corrected chi connectivity index (χ3v) is 7.05. The van der Waals surface area contributed by atoms with Crippen molar-refractivity contribution in [3.8, 4) is 0 Å². The van der Waals surface area contributed by atoms with Gasteiger partial charge in [0.05, 0.1) is 11.0 Å². The molecule has 0 radical (unpaired) electrons. The quantitative estimate of drug-likeness (QED) is 0.179. The van der Waals surface area contributed by atoms with E-state index in [1.54, 1.807) is 0 Å². The van der Waals surface area contributed by atoms with Gasteiger partial charge in [-0.2, -0.15) is 0 Å². The molecule has 0 aliphatic carbocycles. The van der Waals surface area contributed by atoms with Crippen molar-refractivity contribution in [2.24, 2.45) is 11.7 Å². The van der Waals surface area contributed by atoms with Crippen molar-refractivity contribution in [2.75, 3.05) is 13.2 Å². The summed E-state index contributed by atoms with van der Waals surface area (Å²) in [7, 11) is 0. The molecule has 1 saturated heterocycles. The second-order valence-corrected chi connectivity index (χ2v) is 12.2. The molecule has 3 rings (SSSR count). The van der Waals surface area contributed by atoms with Gasteiger partial charge >= 0.3 is 0 Å². The predicted molar refractivity (Wildman–Crippen MR) is 180 cm³/mol. The summed E-state index contributed by atoms with van der Waals surface area (Å²) in [4.78, 5) is 26.6. The van der Waals surface area contributed by atoms with Crippen LogP contribution in [0.4, 0.5) is 0 Å². The minimum atomic E-state index is 0.161. The van der Waals surface area contributed by atoms with Crippen molar-refractivity contribution in [1.29, 1.82) is 0 Å². The molecule has 41 heavy (non-hydrogen) atoms. The molecule has 0 spiro atoms. The zero-order valence-corrected chi connectivity index (χ0v) is 28.3. The molecule has 0 saturated carbocycles. The van der Waals surface area contributed by atoms with Crippen LogP contribution in [0.1, 0.15) is 119 Å². The van der Waals surface area contributed by atoms with Gasteiger partial charge in [0.2, 0.25) is 0 Å². The molecule has 0 atom stereocenters. The fourth-order valence-electron chi connectivity index (χ4n) is 3.76. The lowest BCUT2D eigenvalue weighted by molar-refractivity contribution is -0.115. The van der Waals surface area contributed by atoms with Gasteiger partial charge in [-0.15, -0.1) is 0 Å². The Hall–Kier alpha value is -2.22. The summed E-state index contributed by atoms with van der Waals surface area (Å²) in [6, 6.07) is 6.54. The lowest BCUT2D eigenvalue weighted by Gasteiger charge is -2.26. The van der Waals surface area contributed by atoms with Crippen LogP contribution < -0.4 is 5.73 Å². The third kappa shape index (κ3) is 14.5. The van der Waals surface area contributed by atoms with E-state index >= 15 is 0 Å². The van der Waals surface area contributed by atoms with E-state index in [1.165, 1.54) is 24.6 Å². The maximum Gasteiger partial charge on any atom is 0.176 e. The summed E-state index contributed by atoms with van der Waals surface area (Å²) >= 11 is 1.31. The van der Waals surface area contributed by atoms with Gasteiger partial charge in [-0.05, 0) is 62.0 Å². The zero-order chi connectivity index (χ0) is 31.4. The molecule has 232 valence electrons. The second kappa shape index (κ2) is 22.4. The second-order valence-electron chi connectivity index (χ2n) is 10.8. The van der Waals surface area contributed by atoms with E-state index in [1.807, 2.05) is 58.9 Å². The van der Waals surface area contributed by atoms with Crippen LogP contribution in [0.2, 0.25) is 0 Å². The molecule has 1 aromatic carbocycles. The van der Waals surface area contributed by atoms with E-state index in [-0.39, 0.29) is 5.78 Å². The molecular weight excluding hydrogens is 530 g/mol. The van der Waals surface area contributed by atoms with E-state index in [4.69, 9.17) is 15.5 Å². The molecule has 1 aromatic heterocycles. The van der Waals surface area contributed by atoms with Crippen molar-refractivity contribution in [3.05, 3.63) is 47.3 Å². The standard InChI is InChI=1S/C22H29N3O2.C5H12.C4H8OS.C3H8/c1-4-17(12-15(3)21(26)5-2)22-24-19-7-6-16(14-23)13-20(19)25(22)18-8-10-27-11-9-18;1-4-5(2)3;1-4(2)6-3-5;1-3-2/h4,6-7,12-13,18H,5,8-11,14,23H2,1-3H3;5H,4H2,1-3H3;3-4H,1-2H3;3H2,1-2H3/b15-12-,17-4+;;;. The number of allylic oxidation sites excluding steroid dienone is 4. The predicted octanol–water partition coefficient (Wildman–Crippen LogP) is 8.96. The number of fused-ring (bicyclic) bond motifs is 1. The first-order valence-electron chi connectivity index (χ1n) is 15.3. The average Bonchev–Trinajstić information content (AvgIpc) is 3.35. The monoisotopic (exact) mass is 587 g/mol. The van der Waals surface area contributed by atoms with Gasteiger partial charge in [-0.1, -0.05) is 92.1 Å². The molecule has 2 heterocycles. The Kier molecular flexibility index (Phi) is 21.2. The van der Waals surface area contributed by atoms with Crippen LogP contribution in [0.25, 0.3) is 16.6 Å². The average molecular weight is 588 g/mol. The number of nitrogens with two attached hydrogens (primary N) is 1. The number of rotatable bonds is 9. The molecule has 0 unspecified atom stereocenters. The van der Waals surface area contributed by atoms with E-state index < -0.39 is 0 Å². The fourth-order valence-corrected chi connectivity index (χ4v) is 3.99. The van der Waals surface area contributed by atoms with Crippen LogP contribution in [0, 0.1) is 5.92 Å². The number of Topliss-reactive ketones (excluding diaryl/α,β-unsaturated/α-hetero) is 1. The topological polar surface area (TPSA) is 87.2 Å². The van der Waals surface area contributed by atoms with Crippen LogP contribution in [0.15, 0.2) is 35.9 Å². The summed E-state index contributed by atoms with van der Waals surface area (Å²) in [6.45, 7) is 22.6. The summed E-state index contributed by atoms with van der Waals surface area (Å²) in [5.74, 6) is 1.96. The van der Waals surface area contributed by atoms with E-state index in [2.05, 4.69) is 45.3 Å². The molecule has 2 N–H and O–H groups in total. The lowest BCUT2D eigenvalue weighted by Crippen LogP contribution is -2.21. The van der Waals surface area contributed by atoms with Crippen molar-refractivity contribution in [2.45, 2.75) is 119 Å². The number of ether oxygens (including phenoxy) is 1. The molecule has 7 heteroatoms. The van der Waals surface area contributed by atoms with Gasteiger partial charge in [-0.25, -0.2) is 4.98 Å². The number of carbonyl (C=O) groups is 2. The highest BCUT2D eigenvalue weighted by molar-refractivity contribution is 8.12. The number of nitrogens with zero attached hydrogens (tertiary/aromatic N) is 2. The van der Waals surface area contributed by atoms with Crippen LogP contribution in [-0.2, 0) is 20.9 Å². The maximum atomic E-state index is 12.1. The first-order valence-corrected chi connectivity index (χ1v) is 16.2. The molecule has 1 fully saturated rings. The smallest absolute Gasteiger partial charge is 0.176 e. The maximum absolute atomic E-state index is 12.1. The van der Waals surface area contributed by atoms with E-state index in [0.29, 0.717) is 24.3 Å². The highest BCUT2D eigenvalue weighted by Gasteiger charge is 2.23. The molecule has 0 bridgehead atoms. The van der Waals surface area contributed by atoms with Gasteiger partial charge in [0, 0.05) is 43.0 Å². The first kappa shape index (κ1) is 38.8. The Morgan fingerprint density at radius 3 is 2.15 bits per heavy atom. The largest absolute Gasteiger partial charge is 0.381 e. The SMILES string of the molecule is C/C=C(\C=C(\C)C(=O)CC)c1nc2ccc(CN)cc2n1C1CCOCC1.CC(C)SC=O.CCC.CCC(C)C. The number of carbonyl (C=O) groups excluding carboxylic acids is 2. The highest BCUT2D eigenvalue weighted by atomic mass is 32.2.